The van der Waals surface area contributed by atoms with Gasteiger partial charge in [0.2, 0.25) is 0 Å². The van der Waals surface area contributed by atoms with E-state index in [1.54, 1.807) is 0 Å². The Morgan fingerprint density at radius 3 is 2.10 bits per heavy atom. The molecule has 0 amide bonds. The van der Waals surface area contributed by atoms with E-state index in [0.29, 0.717) is 0 Å². The average molecular weight is 267 g/mol. The van der Waals surface area contributed by atoms with Crippen molar-refractivity contribution in [3.05, 3.63) is 66.9 Å². The second-order valence-electron chi connectivity index (χ2n) is 4.36. The lowest BCUT2D eigenvalue weighted by molar-refractivity contribution is 0.162. The number of nitrogens with zero attached hydrogens (tertiary/aromatic N) is 1. The Balaban J connectivity index is 0.000000257. The van der Waals surface area contributed by atoms with Crippen molar-refractivity contribution in [1.82, 2.24) is 4.57 Å². The minimum atomic E-state index is 0.844. The van der Waals surface area contributed by atoms with Gasteiger partial charge in [-0.2, -0.15) is 0 Å². The minimum absolute atomic E-state index is 0.844. The van der Waals surface area contributed by atoms with Crippen LogP contribution in [0.5, 0.6) is 0 Å². The molecule has 0 spiro atoms. The van der Waals surface area contributed by atoms with Crippen molar-refractivity contribution in [1.29, 1.82) is 0 Å². The van der Waals surface area contributed by atoms with Crippen molar-refractivity contribution < 1.29 is 4.74 Å². The molecule has 2 heteroatoms. The van der Waals surface area contributed by atoms with E-state index in [2.05, 4.69) is 65.4 Å². The Morgan fingerprint density at radius 1 is 0.800 bits per heavy atom. The van der Waals surface area contributed by atoms with Crippen LogP contribution in [0.4, 0.5) is 0 Å². The summed E-state index contributed by atoms with van der Waals surface area (Å²) in [5.74, 6) is 0. The average Bonchev–Trinajstić information content (AvgIpc) is 2.94. The second kappa shape index (κ2) is 7.51. The van der Waals surface area contributed by atoms with Crippen molar-refractivity contribution in [2.45, 2.75) is 13.8 Å². The highest BCUT2D eigenvalue weighted by Gasteiger charge is 2.00. The molecular formula is C18H21NO. The fraction of sp³-hybridized carbons (Fsp3) is 0.222. The van der Waals surface area contributed by atoms with Gasteiger partial charge in [0.25, 0.3) is 0 Å². The quantitative estimate of drug-likeness (QED) is 0.672. The van der Waals surface area contributed by atoms with Crippen LogP contribution in [0, 0.1) is 0 Å². The summed E-state index contributed by atoms with van der Waals surface area (Å²) >= 11 is 0. The zero-order valence-corrected chi connectivity index (χ0v) is 12.1. The normalized spacial score (nSPS) is 10.1. The molecular weight excluding hydrogens is 246 g/mol. The summed E-state index contributed by atoms with van der Waals surface area (Å²) < 4.78 is 7.04. The molecule has 0 atom stereocenters. The maximum Gasteiger partial charge on any atom is 0.0528 e. The summed E-state index contributed by atoms with van der Waals surface area (Å²) in [6, 6.07) is 20.9. The van der Waals surface area contributed by atoms with Gasteiger partial charge in [0.15, 0.2) is 0 Å². The van der Waals surface area contributed by atoms with Gasteiger partial charge in [0.05, 0.1) is 5.52 Å². The van der Waals surface area contributed by atoms with Crippen LogP contribution < -0.4 is 0 Å². The standard InChI is InChI=1S/C14H11N.C4H10O/c1-2-7-13(8-3-1)15-11-10-12-6-4-5-9-14(12)15;1-3-5-4-2/h1-11H;3-4H2,1-2H3. The zero-order valence-electron chi connectivity index (χ0n) is 12.1. The molecule has 3 aromatic rings. The number of ether oxygens (including phenoxy) is 1. The van der Waals surface area contributed by atoms with Gasteiger partial charge in [-0.3, -0.25) is 0 Å². The molecule has 2 nitrogen and oxygen atoms in total. The number of hydrogen-bond donors (Lipinski definition) is 0. The van der Waals surface area contributed by atoms with Crippen LogP contribution in [0.2, 0.25) is 0 Å². The Labute approximate surface area is 120 Å². The van der Waals surface area contributed by atoms with Crippen LogP contribution in [0.1, 0.15) is 13.8 Å². The molecule has 0 radical (unpaired) electrons. The lowest BCUT2D eigenvalue weighted by atomic mass is 10.2. The lowest BCUT2D eigenvalue weighted by Crippen LogP contribution is -1.89. The minimum Gasteiger partial charge on any atom is -0.382 e. The van der Waals surface area contributed by atoms with Gasteiger partial charge in [-0.25, -0.2) is 0 Å². The summed E-state index contributed by atoms with van der Waals surface area (Å²) in [7, 11) is 0. The summed E-state index contributed by atoms with van der Waals surface area (Å²) in [5, 5.41) is 1.28. The van der Waals surface area contributed by atoms with Crippen molar-refractivity contribution in [3.63, 3.8) is 0 Å². The monoisotopic (exact) mass is 267 g/mol. The number of rotatable bonds is 3. The number of benzene rings is 2. The van der Waals surface area contributed by atoms with Gasteiger partial charge in [0, 0.05) is 25.1 Å². The second-order valence-corrected chi connectivity index (χ2v) is 4.36. The molecule has 0 aliphatic rings. The van der Waals surface area contributed by atoms with E-state index >= 15 is 0 Å². The zero-order chi connectivity index (χ0) is 14.2. The summed E-state index contributed by atoms with van der Waals surface area (Å²) in [4.78, 5) is 0. The topological polar surface area (TPSA) is 14.2 Å². The smallest absolute Gasteiger partial charge is 0.0528 e. The van der Waals surface area contributed by atoms with Gasteiger partial charge in [-0.1, -0.05) is 36.4 Å². The number of para-hydroxylation sites is 2. The van der Waals surface area contributed by atoms with E-state index in [4.69, 9.17) is 4.74 Å². The van der Waals surface area contributed by atoms with Gasteiger partial charge < -0.3 is 9.30 Å². The number of fused-ring (bicyclic) bond motifs is 1. The van der Waals surface area contributed by atoms with E-state index < -0.39 is 0 Å². The summed E-state index contributed by atoms with van der Waals surface area (Å²) in [6.45, 7) is 5.67. The van der Waals surface area contributed by atoms with Crippen LogP contribution in [-0.4, -0.2) is 17.8 Å². The van der Waals surface area contributed by atoms with Crippen molar-refractivity contribution in [3.8, 4) is 5.69 Å². The fourth-order valence-electron chi connectivity index (χ4n) is 2.10. The maximum absolute atomic E-state index is 4.83. The van der Waals surface area contributed by atoms with Crippen LogP contribution in [-0.2, 0) is 4.74 Å². The highest BCUT2D eigenvalue weighted by Crippen LogP contribution is 2.19. The van der Waals surface area contributed by atoms with Crippen molar-refractivity contribution in [2.24, 2.45) is 0 Å². The molecule has 0 aliphatic heterocycles. The van der Waals surface area contributed by atoms with Gasteiger partial charge in [-0.05, 0) is 43.5 Å². The Morgan fingerprint density at radius 2 is 1.45 bits per heavy atom. The molecule has 1 aromatic heterocycles. The molecule has 0 saturated heterocycles. The highest BCUT2D eigenvalue weighted by molar-refractivity contribution is 5.81. The molecule has 0 bridgehead atoms. The van der Waals surface area contributed by atoms with Crippen LogP contribution >= 0.6 is 0 Å². The lowest BCUT2D eigenvalue weighted by Gasteiger charge is -2.04. The van der Waals surface area contributed by atoms with Gasteiger partial charge in [-0.15, -0.1) is 0 Å². The first-order chi connectivity index (χ1) is 9.86. The SMILES string of the molecule is CCOCC.c1ccc(-n2ccc3ccccc32)cc1. The van der Waals surface area contributed by atoms with E-state index in [1.165, 1.54) is 16.6 Å². The Bertz CT molecular complexity index is 626. The third-order valence-electron chi connectivity index (χ3n) is 3.04. The molecule has 1 heterocycles. The number of hydrogen-bond acceptors (Lipinski definition) is 1. The van der Waals surface area contributed by atoms with Crippen LogP contribution in [0.15, 0.2) is 66.9 Å². The van der Waals surface area contributed by atoms with Gasteiger partial charge in [0.1, 0.15) is 0 Å². The third-order valence-corrected chi connectivity index (χ3v) is 3.04. The van der Waals surface area contributed by atoms with Gasteiger partial charge >= 0.3 is 0 Å². The Hall–Kier alpha value is -2.06. The largest absolute Gasteiger partial charge is 0.382 e. The first-order valence-electron chi connectivity index (χ1n) is 7.06. The first kappa shape index (κ1) is 14.4. The fourth-order valence-corrected chi connectivity index (χ4v) is 2.10. The molecule has 104 valence electrons. The molecule has 0 aliphatic carbocycles. The van der Waals surface area contributed by atoms with E-state index in [0.717, 1.165) is 13.2 Å². The van der Waals surface area contributed by atoms with Crippen molar-refractivity contribution >= 4 is 10.9 Å². The molecule has 0 fully saturated rings. The van der Waals surface area contributed by atoms with Crippen LogP contribution in [0.25, 0.3) is 16.6 Å². The van der Waals surface area contributed by atoms with Crippen molar-refractivity contribution in [2.75, 3.05) is 13.2 Å². The maximum atomic E-state index is 4.83. The number of aromatic nitrogens is 1. The summed E-state index contributed by atoms with van der Waals surface area (Å²) in [6.07, 6.45) is 2.11. The van der Waals surface area contributed by atoms with E-state index in [-0.39, 0.29) is 0 Å². The predicted molar refractivity (Wildman–Crippen MR) is 85.4 cm³/mol. The highest BCUT2D eigenvalue weighted by atomic mass is 16.5. The molecule has 0 saturated carbocycles. The molecule has 0 unspecified atom stereocenters. The predicted octanol–water partition coefficient (Wildman–Crippen LogP) is 4.67. The third kappa shape index (κ3) is 3.49. The van der Waals surface area contributed by atoms with E-state index in [1.807, 2.05) is 19.9 Å². The van der Waals surface area contributed by atoms with E-state index in [9.17, 15) is 0 Å². The Kier molecular flexibility index (Phi) is 5.39. The van der Waals surface area contributed by atoms with Crippen LogP contribution in [0.3, 0.4) is 0 Å². The molecule has 20 heavy (non-hydrogen) atoms. The molecule has 3 rings (SSSR count). The molecule has 0 N–H and O–H groups in total. The first-order valence-corrected chi connectivity index (χ1v) is 7.06. The molecule has 2 aromatic carbocycles. The summed E-state index contributed by atoms with van der Waals surface area (Å²) in [5.41, 5.74) is 2.46.